The zero-order chi connectivity index (χ0) is 73.2. The van der Waals surface area contributed by atoms with E-state index in [0.717, 1.165) is 54.0 Å². The van der Waals surface area contributed by atoms with Gasteiger partial charge in [-0.1, -0.05) is 0 Å². The second kappa shape index (κ2) is 29.7. The van der Waals surface area contributed by atoms with Gasteiger partial charge in [-0.15, -0.1) is 0 Å². The van der Waals surface area contributed by atoms with Gasteiger partial charge in [-0.2, -0.15) is 19.6 Å². The number of aromatic amines is 2. The van der Waals surface area contributed by atoms with Crippen LogP contribution in [0.3, 0.4) is 0 Å². The molecule has 101 heavy (non-hydrogen) atoms. The number of quaternary nitrogens is 1. The van der Waals surface area contributed by atoms with Gasteiger partial charge in [-0.25, -0.2) is 43.1 Å². The van der Waals surface area contributed by atoms with Crippen LogP contribution in [0.15, 0.2) is 45.6 Å². The molecule has 558 valence electrons. The third kappa shape index (κ3) is 16.4. The van der Waals surface area contributed by atoms with Gasteiger partial charge in [0.05, 0.1) is 38.6 Å². The topological polar surface area (TPSA) is 698 Å². The number of nitrogens with one attached hydrogen (secondary N) is 3. The number of fused-ring (bicyclic) bond motifs is 3. The molecule has 0 spiro atoms. The van der Waals surface area contributed by atoms with E-state index in [2.05, 4.69) is 62.7 Å². The highest BCUT2D eigenvalue weighted by molar-refractivity contribution is 7.65. The summed E-state index contributed by atoms with van der Waals surface area (Å²) in [6.45, 7) is -1.56. The monoisotopic (exact) mass is 1530 g/mol. The van der Waals surface area contributed by atoms with Crippen LogP contribution >= 0.6 is 39.1 Å². The fraction of sp³-hybridized carbons (Fsp3) is 0.609. The quantitative estimate of drug-likeness (QED) is 0.0115. The Bertz CT molecular complexity index is 4460. The third-order valence-corrected chi connectivity index (χ3v) is 21.7. The number of phosphoric ester groups is 3. The van der Waals surface area contributed by atoms with Gasteiger partial charge < -0.3 is 123 Å². The molecule has 6 aromatic heterocycles. The molecule has 13 N–H and O–H groups in total. The van der Waals surface area contributed by atoms with E-state index in [4.69, 9.17) is 83.8 Å². The number of imidazole rings is 2. The summed E-state index contributed by atoms with van der Waals surface area (Å²) in [4.78, 5) is 145. The number of rotatable bonds is 30. The van der Waals surface area contributed by atoms with Crippen LogP contribution in [-0.2, 0) is 102 Å². The molecule has 0 bridgehead atoms. The van der Waals surface area contributed by atoms with Crippen molar-refractivity contribution in [3.8, 4) is 0 Å². The van der Waals surface area contributed by atoms with Gasteiger partial charge in [0.25, 0.3) is 48.2 Å². The SMILES string of the molecule is CO[C@@H]1C(O)[C@H]([NH+]2CN(C)c3c2nc(N)[nH]c3=O)O[C@@H]1COP(=O)([O-])OP(=O)([O-])OP(=O)([O-])OOC[C@H]1O[C@@H](n2cnc3c(N)ncnc32)[C@@H](OC)C1OP(=O)([O-])OC[C@H]1O[C@@H](n2cnc3c(=O)[nH]c(N)nc32)[C@@H](OC)C1OP(=O)([O-])OC[C@H]1O[C@@H](n2ccc(N)nc2=O)[C@@H](O)C1OC(C)C. The second-order valence-corrected chi connectivity index (χ2v) is 29.9. The molecule has 11 heterocycles. The summed E-state index contributed by atoms with van der Waals surface area (Å²) >= 11 is 0. The summed E-state index contributed by atoms with van der Waals surface area (Å²) in [6, 6.07) is 1.23. The molecule has 4 saturated heterocycles. The average Bonchev–Trinajstić information content (AvgIpc) is 1.62. The number of aromatic nitrogens is 12. The number of nitrogen functional groups attached to an aromatic ring is 4. The van der Waals surface area contributed by atoms with E-state index in [0.29, 0.717) is 0 Å². The zero-order valence-corrected chi connectivity index (χ0v) is 57.3. The van der Waals surface area contributed by atoms with Crippen molar-refractivity contribution < 1.29 is 141 Å². The molecule has 4 fully saturated rings. The lowest BCUT2D eigenvalue weighted by Gasteiger charge is -2.34. The summed E-state index contributed by atoms with van der Waals surface area (Å²) in [5, 5.41) is 22.5. The van der Waals surface area contributed by atoms with Crippen molar-refractivity contribution in [3.63, 3.8) is 0 Å². The Morgan fingerprint density at radius 3 is 1.75 bits per heavy atom. The van der Waals surface area contributed by atoms with Crippen LogP contribution in [0, 0.1) is 0 Å². The zero-order valence-electron chi connectivity index (χ0n) is 52.8. The molecule has 55 heteroatoms. The summed E-state index contributed by atoms with van der Waals surface area (Å²) < 4.78 is 155. The number of H-pyrrole nitrogens is 2. The molecule has 5 aliphatic rings. The highest BCUT2D eigenvalue weighted by Gasteiger charge is 2.56. The molecule has 0 aliphatic carbocycles. The number of phosphoric acid groups is 5. The Kier molecular flexibility index (Phi) is 22.4. The molecule has 6 aromatic rings. The normalized spacial score (nSPS) is 31.3. The van der Waals surface area contributed by atoms with Crippen molar-refractivity contribution in [2.24, 2.45) is 0 Å². The molecule has 11 rings (SSSR count). The number of nitrogens with zero attached hydrogens (tertiary/aromatic N) is 11. The van der Waals surface area contributed by atoms with Crippen molar-refractivity contribution in [2.75, 3.05) is 89.3 Å². The minimum absolute atomic E-state index is 0.0241. The van der Waals surface area contributed by atoms with E-state index in [1.54, 1.807) is 13.8 Å². The van der Waals surface area contributed by atoms with Crippen LogP contribution < -0.4 is 74.0 Å². The maximum Gasteiger partial charge on any atom is 0.351 e. The van der Waals surface area contributed by atoms with Crippen LogP contribution in [0.5, 0.6) is 0 Å². The van der Waals surface area contributed by atoms with Crippen LogP contribution in [0.4, 0.5) is 35.0 Å². The van der Waals surface area contributed by atoms with Crippen LogP contribution in [-0.4, -0.2) is 216 Å². The van der Waals surface area contributed by atoms with Gasteiger partial charge in [0.2, 0.25) is 18.1 Å². The molecule has 0 amide bonds. The maximum atomic E-state index is 14.3. The Hall–Kier alpha value is -6.19. The van der Waals surface area contributed by atoms with E-state index in [1.807, 2.05) is 0 Å². The average molecular weight is 1530 g/mol. The molecule has 5 aliphatic heterocycles. The Morgan fingerprint density at radius 1 is 0.614 bits per heavy atom. The van der Waals surface area contributed by atoms with Crippen LogP contribution in [0.25, 0.3) is 22.3 Å². The maximum absolute atomic E-state index is 14.3. The first kappa shape index (κ1) is 76.0. The van der Waals surface area contributed by atoms with E-state index < -0.39 is 193 Å². The number of methoxy groups -OCH3 is 3. The van der Waals surface area contributed by atoms with Crippen molar-refractivity contribution in [1.82, 2.24) is 58.6 Å². The van der Waals surface area contributed by atoms with Crippen molar-refractivity contribution in [2.45, 2.75) is 118 Å². The van der Waals surface area contributed by atoms with Crippen molar-refractivity contribution in [1.29, 1.82) is 0 Å². The van der Waals surface area contributed by atoms with Gasteiger partial charge in [-0.3, -0.25) is 56.1 Å². The van der Waals surface area contributed by atoms with Crippen molar-refractivity contribution in [3.05, 3.63) is 62.4 Å². The molecule has 0 aromatic carbocycles. The van der Waals surface area contributed by atoms with Crippen LogP contribution in [0.1, 0.15) is 32.5 Å². The molecular weight excluding hydrogens is 1470 g/mol. The number of hydrogen-bond acceptors (Lipinski definition) is 44. The number of aliphatic hydroxyl groups is 2. The number of nitrogens with two attached hydrogens (primary N) is 4. The largest absolute Gasteiger partial charge is 0.756 e. The molecule has 50 nitrogen and oxygen atoms in total. The molecular formula is C46H63N18O32P5-4. The molecule has 10 unspecified atom stereocenters. The molecule has 0 saturated carbocycles. The summed E-state index contributed by atoms with van der Waals surface area (Å²) in [5.41, 5.74) is 20.2. The van der Waals surface area contributed by atoms with E-state index >= 15 is 0 Å². The number of anilines is 5. The standard InChI is InChI=1S/C46H67N18O32P5/c1-17(2)87-29-20(89-40(27(29)66)61-8-7-22(47)55-46(61)69)11-84-97(70,71)93-31-21(91-43(33(31)82-6)63-15-54-24-36(63)56-44(49)58-38(24)67)12-85-98(72,73)92-30-18(90-42(32(30)81-5)62-14-53-23-34(48)51-13-52-35(23)62)9-83-94-100(76,77)96-101(78,79)95-99(74,75)86-10-19-28(80-4)26(65)41(88-19)64-16-60(3)25-37(64)57-45(50)59-39(25)68/h7-8,13-15,17-21,26-33,40-43,65-66H,9-12,16H2,1-6H3,(H,70,71)(H,72,73)(H,74,75)(H,76,77)(H,78,79)(H2,47,55,69)(H2,48,51,52)(H3,49,56,58,67)(H3,50,57,59,68)/p-4/t18-,19-,20-,21-,26?,27+,28+,29?,30?,31?,32+,33+,40-,41-,42-,43-/m1/s1. The minimum atomic E-state index is -6.65. The van der Waals surface area contributed by atoms with Crippen molar-refractivity contribution >= 4 is 96.5 Å². The highest BCUT2D eigenvalue weighted by atomic mass is 31.3. The third-order valence-electron chi connectivity index (χ3n) is 15.8. The first-order valence-electron chi connectivity index (χ1n) is 29.3. The smallest absolute Gasteiger partial charge is 0.351 e. The lowest BCUT2D eigenvalue weighted by Crippen LogP contribution is -3.12. The Labute approximate surface area is 564 Å². The fourth-order valence-corrected chi connectivity index (χ4v) is 16.8. The summed E-state index contributed by atoms with van der Waals surface area (Å²) in [5.74, 6) is -0.966. The van der Waals surface area contributed by atoms with Gasteiger partial charge in [-0.05, 0) is 19.9 Å². The van der Waals surface area contributed by atoms with Gasteiger partial charge in [0.15, 0.2) is 59.8 Å². The van der Waals surface area contributed by atoms with E-state index in [9.17, 15) is 71.9 Å². The van der Waals surface area contributed by atoms with Crippen LogP contribution in [0.2, 0.25) is 0 Å². The summed E-state index contributed by atoms with van der Waals surface area (Å²) in [6.07, 6.45) is -22.8. The highest BCUT2D eigenvalue weighted by Crippen LogP contribution is 2.63. The lowest BCUT2D eigenvalue weighted by molar-refractivity contribution is -0.885. The Morgan fingerprint density at radius 2 is 1.15 bits per heavy atom. The van der Waals surface area contributed by atoms with Gasteiger partial charge in [0.1, 0.15) is 91.4 Å². The van der Waals surface area contributed by atoms with E-state index in [1.165, 1.54) is 24.2 Å². The Balaban J connectivity index is 0.782. The van der Waals surface area contributed by atoms with Gasteiger partial charge in [0, 0.05) is 34.6 Å². The fourth-order valence-electron chi connectivity index (χ4n) is 11.7. The lowest BCUT2D eigenvalue weighted by atomic mass is 10.1. The first-order valence-corrected chi connectivity index (χ1v) is 36.6. The van der Waals surface area contributed by atoms with Gasteiger partial charge >= 0.3 is 13.5 Å². The number of aliphatic hydroxyl groups excluding tert-OH is 2. The number of ether oxygens (including phenoxy) is 8. The predicted molar refractivity (Wildman–Crippen MR) is 318 cm³/mol. The predicted octanol–water partition coefficient (Wildman–Crippen LogP) is -7.63. The first-order chi connectivity index (χ1) is 47.5. The summed E-state index contributed by atoms with van der Waals surface area (Å²) in [7, 11) is -26.4. The second-order valence-electron chi connectivity index (χ2n) is 22.7. The molecule has 0 radical (unpaired) electrons. The van der Waals surface area contributed by atoms with E-state index in [-0.39, 0.29) is 63.0 Å². The molecule has 22 atom stereocenters. The minimum Gasteiger partial charge on any atom is -0.756 e. The number of hydrogen-bond donors (Lipinski definition) is 9.